The molecule has 0 aromatic rings. The van der Waals surface area contributed by atoms with E-state index >= 15 is 0 Å². The molecular weight excluding hydrogens is 288 g/mol. The lowest BCUT2D eigenvalue weighted by Crippen LogP contribution is -2.45. The van der Waals surface area contributed by atoms with Gasteiger partial charge < -0.3 is 4.74 Å². The van der Waals surface area contributed by atoms with Crippen molar-refractivity contribution in [1.29, 1.82) is 0 Å². The highest BCUT2D eigenvalue weighted by Gasteiger charge is 2.71. The zero-order valence-electron chi connectivity index (χ0n) is 12.1. The Hall–Kier alpha value is 0.440. The van der Waals surface area contributed by atoms with E-state index in [4.69, 9.17) is 4.74 Å². The minimum Gasteiger partial charge on any atom is -0.374 e. The zero-order chi connectivity index (χ0) is 13.0. The summed E-state index contributed by atoms with van der Waals surface area (Å²) in [5, 5.41) is 1.16. The topological polar surface area (TPSA) is 9.23 Å². The molecule has 0 N–H and O–H groups in total. The Morgan fingerprint density at radius 3 is 2.44 bits per heavy atom. The fraction of sp³-hybridized carbons (Fsp3) is 1.00. The molecule has 0 aromatic carbocycles. The first-order valence-corrected chi connectivity index (χ1v) is 8.82. The van der Waals surface area contributed by atoms with E-state index in [1.165, 1.54) is 38.5 Å². The fourth-order valence-corrected chi connectivity index (χ4v) is 5.84. The van der Waals surface area contributed by atoms with Gasteiger partial charge in [-0.05, 0) is 49.4 Å². The van der Waals surface area contributed by atoms with Crippen LogP contribution in [0.3, 0.4) is 0 Å². The molecule has 2 saturated carbocycles. The summed E-state index contributed by atoms with van der Waals surface area (Å²) < 4.78 is 6.30. The molecule has 2 unspecified atom stereocenters. The molecule has 2 atom stereocenters. The van der Waals surface area contributed by atoms with Crippen molar-refractivity contribution in [3.05, 3.63) is 0 Å². The smallest absolute Gasteiger partial charge is 0.0750 e. The maximum absolute atomic E-state index is 6.30. The van der Waals surface area contributed by atoms with Gasteiger partial charge >= 0.3 is 0 Å². The number of hydrogen-bond donors (Lipinski definition) is 0. The molecule has 3 aliphatic rings. The lowest BCUT2D eigenvalue weighted by atomic mass is 9.63. The Labute approximate surface area is 120 Å². The third-order valence-corrected chi connectivity index (χ3v) is 7.75. The summed E-state index contributed by atoms with van der Waals surface area (Å²) in [7, 11) is 0. The van der Waals surface area contributed by atoms with Crippen molar-refractivity contribution in [2.75, 3.05) is 11.9 Å². The van der Waals surface area contributed by atoms with Crippen molar-refractivity contribution in [3.63, 3.8) is 0 Å². The molecule has 2 heteroatoms. The van der Waals surface area contributed by atoms with Gasteiger partial charge in [-0.3, -0.25) is 0 Å². The number of halogens is 1. The molecule has 1 spiro atoms. The van der Waals surface area contributed by atoms with Gasteiger partial charge in [-0.25, -0.2) is 0 Å². The molecular formula is C16H27BrO. The fourth-order valence-electron chi connectivity index (χ4n) is 4.64. The highest BCUT2D eigenvalue weighted by Crippen LogP contribution is 2.70. The van der Waals surface area contributed by atoms with E-state index in [9.17, 15) is 0 Å². The van der Waals surface area contributed by atoms with Gasteiger partial charge in [0.1, 0.15) is 0 Å². The van der Waals surface area contributed by atoms with Crippen LogP contribution < -0.4 is 0 Å². The molecule has 0 amide bonds. The van der Waals surface area contributed by atoms with Gasteiger partial charge in [-0.1, -0.05) is 43.1 Å². The molecule has 1 heterocycles. The van der Waals surface area contributed by atoms with Crippen LogP contribution in [-0.2, 0) is 4.74 Å². The largest absolute Gasteiger partial charge is 0.374 e. The summed E-state index contributed by atoms with van der Waals surface area (Å²) >= 11 is 3.77. The summed E-state index contributed by atoms with van der Waals surface area (Å²) in [6.07, 6.45) is 8.09. The van der Waals surface area contributed by atoms with Crippen LogP contribution in [0.4, 0.5) is 0 Å². The van der Waals surface area contributed by atoms with Crippen molar-refractivity contribution in [2.45, 2.75) is 64.9 Å². The standard InChI is InChI=1S/C16H27BrO/c1-4-14(2,3)12-5-7-16(8-6-12)15(11-17)9-13(15)10-18-16/h12-13H,4-11H2,1-3H3. The minimum absolute atomic E-state index is 0.251. The van der Waals surface area contributed by atoms with Crippen LogP contribution in [0.1, 0.15) is 59.3 Å². The van der Waals surface area contributed by atoms with Gasteiger partial charge in [0.05, 0.1) is 12.2 Å². The van der Waals surface area contributed by atoms with Gasteiger partial charge in [0.25, 0.3) is 0 Å². The van der Waals surface area contributed by atoms with Crippen molar-refractivity contribution >= 4 is 15.9 Å². The summed E-state index contributed by atoms with van der Waals surface area (Å²) in [5.41, 5.74) is 1.29. The molecule has 0 radical (unpaired) electrons. The van der Waals surface area contributed by atoms with E-state index < -0.39 is 0 Å². The number of rotatable bonds is 3. The second-order valence-electron chi connectivity index (χ2n) is 7.61. The molecule has 1 aliphatic heterocycles. The Morgan fingerprint density at radius 1 is 1.28 bits per heavy atom. The van der Waals surface area contributed by atoms with Crippen LogP contribution in [0.5, 0.6) is 0 Å². The van der Waals surface area contributed by atoms with Gasteiger partial charge in [-0.2, -0.15) is 0 Å². The Morgan fingerprint density at radius 2 is 1.94 bits per heavy atom. The van der Waals surface area contributed by atoms with Crippen LogP contribution in [0.25, 0.3) is 0 Å². The Bertz CT molecular complexity index is 326. The monoisotopic (exact) mass is 314 g/mol. The van der Waals surface area contributed by atoms with E-state index in [2.05, 4.69) is 36.7 Å². The first-order chi connectivity index (χ1) is 8.50. The lowest BCUT2D eigenvalue weighted by Gasteiger charge is -2.46. The molecule has 0 aromatic heterocycles. The number of ether oxygens (including phenoxy) is 1. The second-order valence-corrected chi connectivity index (χ2v) is 8.17. The van der Waals surface area contributed by atoms with Crippen molar-refractivity contribution in [3.8, 4) is 0 Å². The average molecular weight is 315 g/mol. The van der Waals surface area contributed by atoms with E-state index in [0.29, 0.717) is 10.8 Å². The van der Waals surface area contributed by atoms with Crippen LogP contribution in [0, 0.1) is 22.7 Å². The third-order valence-electron chi connectivity index (χ3n) is 6.75. The first-order valence-electron chi connectivity index (χ1n) is 7.70. The van der Waals surface area contributed by atoms with E-state index in [-0.39, 0.29) is 5.60 Å². The van der Waals surface area contributed by atoms with E-state index in [1.807, 2.05) is 0 Å². The number of fused-ring (bicyclic) bond motifs is 2. The molecule has 1 nitrogen and oxygen atoms in total. The molecule has 3 rings (SSSR count). The predicted molar refractivity (Wildman–Crippen MR) is 79.0 cm³/mol. The van der Waals surface area contributed by atoms with Crippen molar-refractivity contribution < 1.29 is 4.74 Å². The lowest BCUT2D eigenvalue weighted by molar-refractivity contribution is -0.0918. The summed E-state index contributed by atoms with van der Waals surface area (Å²) in [6.45, 7) is 8.28. The molecule has 18 heavy (non-hydrogen) atoms. The predicted octanol–water partition coefficient (Wildman–Crippen LogP) is 4.78. The SMILES string of the molecule is CCC(C)(C)C1CCC2(CC1)OCC1CC12CBr. The first kappa shape index (κ1) is 13.4. The van der Waals surface area contributed by atoms with Crippen LogP contribution >= 0.6 is 15.9 Å². The Balaban J connectivity index is 1.70. The second kappa shape index (κ2) is 4.22. The quantitative estimate of drug-likeness (QED) is 0.681. The molecule has 0 bridgehead atoms. The van der Waals surface area contributed by atoms with Gasteiger partial charge in [0.2, 0.25) is 0 Å². The molecule has 3 fully saturated rings. The molecule has 1 saturated heterocycles. The summed E-state index contributed by atoms with van der Waals surface area (Å²) in [6, 6.07) is 0. The summed E-state index contributed by atoms with van der Waals surface area (Å²) in [5.74, 6) is 1.77. The zero-order valence-corrected chi connectivity index (χ0v) is 13.7. The van der Waals surface area contributed by atoms with Crippen LogP contribution in [-0.4, -0.2) is 17.5 Å². The third kappa shape index (κ3) is 1.67. The maximum Gasteiger partial charge on any atom is 0.0750 e. The number of hydrogen-bond acceptors (Lipinski definition) is 1. The minimum atomic E-state index is 0.251. The molecule has 104 valence electrons. The highest BCUT2D eigenvalue weighted by atomic mass is 79.9. The van der Waals surface area contributed by atoms with E-state index in [1.54, 1.807) is 0 Å². The van der Waals surface area contributed by atoms with Gasteiger partial charge in [0.15, 0.2) is 0 Å². The Kier molecular flexibility index (Phi) is 3.14. The average Bonchev–Trinajstić information content (AvgIpc) is 3.06. The normalized spacial score (nSPS) is 47.3. The molecule has 2 aliphatic carbocycles. The number of alkyl halides is 1. The van der Waals surface area contributed by atoms with Crippen molar-refractivity contribution in [1.82, 2.24) is 0 Å². The summed E-state index contributed by atoms with van der Waals surface area (Å²) in [4.78, 5) is 0. The van der Waals surface area contributed by atoms with Gasteiger partial charge in [0, 0.05) is 10.7 Å². The van der Waals surface area contributed by atoms with Crippen molar-refractivity contribution in [2.24, 2.45) is 22.7 Å². The van der Waals surface area contributed by atoms with Gasteiger partial charge in [-0.15, -0.1) is 0 Å². The van der Waals surface area contributed by atoms with Crippen LogP contribution in [0.15, 0.2) is 0 Å². The van der Waals surface area contributed by atoms with E-state index in [0.717, 1.165) is 23.8 Å². The highest BCUT2D eigenvalue weighted by molar-refractivity contribution is 9.09. The van der Waals surface area contributed by atoms with Crippen LogP contribution in [0.2, 0.25) is 0 Å². The maximum atomic E-state index is 6.30.